The molecule has 0 aliphatic rings. The maximum atomic E-state index is 10.5. The Morgan fingerprint density at radius 2 is 2.29 bits per heavy atom. The quantitative estimate of drug-likeness (QED) is 0.455. The van der Waals surface area contributed by atoms with Crippen LogP contribution in [-0.4, -0.2) is 25.5 Å². The van der Waals surface area contributed by atoms with E-state index in [0.717, 1.165) is 35.7 Å². The Labute approximate surface area is 103 Å². The number of carboxylic acid groups (broad SMARTS) is 1. The predicted molar refractivity (Wildman–Crippen MR) is 71.7 cm³/mol. The highest BCUT2D eigenvalue weighted by atomic mass is 16.5. The largest absolute Gasteiger partial charge is 0.493 e. The highest BCUT2D eigenvalue weighted by Gasteiger charge is 2.01. The van der Waals surface area contributed by atoms with Crippen LogP contribution < -0.4 is 10.2 Å². The van der Waals surface area contributed by atoms with Gasteiger partial charge in [0, 0.05) is 11.6 Å². The van der Waals surface area contributed by atoms with Crippen molar-refractivity contribution >= 4 is 25.4 Å². The van der Waals surface area contributed by atoms with E-state index in [1.165, 1.54) is 0 Å². The first-order valence-electron chi connectivity index (χ1n) is 5.78. The Morgan fingerprint density at radius 1 is 1.53 bits per heavy atom. The summed E-state index contributed by atoms with van der Waals surface area (Å²) in [5.74, 6) is -0.215. The molecule has 0 fully saturated rings. The molecular formula is C13H17BO3. The molecule has 0 spiro atoms. The molecule has 0 radical (unpaired) electrons. The van der Waals surface area contributed by atoms with Gasteiger partial charge in [0.25, 0.3) is 0 Å². The number of carboxylic acids is 1. The molecule has 90 valence electrons. The van der Waals surface area contributed by atoms with E-state index in [9.17, 15) is 4.79 Å². The van der Waals surface area contributed by atoms with Gasteiger partial charge in [-0.3, -0.25) is 0 Å². The first-order valence-corrected chi connectivity index (χ1v) is 5.78. The van der Waals surface area contributed by atoms with Crippen molar-refractivity contribution in [3.63, 3.8) is 0 Å². The molecule has 1 rings (SSSR count). The normalized spacial score (nSPS) is 10.6. The number of hydrogen-bond donors (Lipinski definition) is 1. The van der Waals surface area contributed by atoms with Crippen molar-refractivity contribution < 1.29 is 14.6 Å². The monoisotopic (exact) mass is 232 g/mol. The zero-order valence-corrected chi connectivity index (χ0v) is 10.3. The molecule has 0 aromatic heterocycles. The molecule has 17 heavy (non-hydrogen) atoms. The molecule has 0 saturated carbocycles. The molecule has 0 saturated heterocycles. The second kappa shape index (κ2) is 6.79. The van der Waals surface area contributed by atoms with Crippen LogP contribution in [0.4, 0.5) is 0 Å². The number of rotatable bonds is 6. The van der Waals surface area contributed by atoms with Gasteiger partial charge >= 0.3 is 5.97 Å². The summed E-state index contributed by atoms with van der Waals surface area (Å²) < 4.78 is 5.62. The topological polar surface area (TPSA) is 46.5 Å². The van der Waals surface area contributed by atoms with Gasteiger partial charge in [-0.25, -0.2) is 4.79 Å². The number of hydrogen-bond acceptors (Lipinski definition) is 2. The fourth-order valence-electron chi connectivity index (χ4n) is 1.42. The summed E-state index contributed by atoms with van der Waals surface area (Å²) >= 11 is 0. The first-order chi connectivity index (χ1) is 8.13. The summed E-state index contributed by atoms with van der Waals surface area (Å²) in [6, 6.07) is 5.76. The van der Waals surface area contributed by atoms with E-state index in [0.29, 0.717) is 6.61 Å². The van der Waals surface area contributed by atoms with Crippen LogP contribution in [-0.2, 0) is 4.79 Å². The maximum Gasteiger partial charge on any atom is 0.328 e. The SMILES string of the molecule is Bc1ccc(OCCCC)c(/C=C/C(=O)O)c1. The van der Waals surface area contributed by atoms with Gasteiger partial charge in [0.15, 0.2) is 0 Å². The number of aliphatic carboxylic acids is 1. The Bertz CT molecular complexity index is 413. The molecule has 0 aliphatic carbocycles. The lowest BCUT2D eigenvalue weighted by Crippen LogP contribution is -2.05. The second-order valence-corrected chi connectivity index (χ2v) is 3.91. The van der Waals surface area contributed by atoms with Crippen LogP contribution in [0.3, 0.4) is 0 Å². The minimum atomic E-state index is -0.953. The van der Waals surface area contributed by atoms with E-state index in [-0.39, 0.29) is 0 Å². The minimum Gasteiger partial charge on any atom is -0.493 e. The van der Waals surface area contributed by atoms with Gasteiger partial charge in [0.05, 0.1) is 6.61 Å². The smallest absolute Gasteiger partial charge is 0.328 e. The van der Waals surface area contributed by atoms with Gasteiger partial charge < -0.3 is 9.84 Å². The van der Waals surface area contributed by atoms with E-state index in [1.54, 1.807) is 6.08 Å². The van der Waals surface area contributed by atoms with Gasteiger partial charge in [-0.1, -0.05) is 30.9 Å². The lowest BCUT2D eigenvalue weighted by Gasteiger charge is -2.09. The average molecular weight is 232 g/mol. The Kier molecular flexibility index (Phi) is 5.33. The van der Waals surface area contributed by atoms with Crippen molar-refractivity contribution in [1.82, 2.24) is 0 Å². The molecular weight excluding hydrogens is 215 g/mol. The van der Waals surface area contributed by atoms with Crippen molar-refractivity contribution in [3.8, 4) is 5.75 Å². The van der Waals surface area contributed by atoms with Crippen molar-refractivity contribution in [2.24, 2.45) is 0 Å². The zero-order chi connectivity index (χ0) is 12.7. The summed E-state index contributed by atoms with van der Waals surface area (Å²) in [4.78, 5) is 10.5. The van der Waals surface area contributed by atoms with Crippen molar-refractivity contribution in [2.75, 3.05) is 6.61 Å². The van der Waals surface area contributed by atoms with Gasteiger partial charge in [-0.15, -0.1) is 0 Å². The summed E-state index contributed by atoms with van der Waals surface area (Å²) in [6.45, 7) is 2.76. The van der Waals surface area contributed by atoms with Crippen molar-refractivity contribution in [1.29, 1.82) is 0 Å². The number of unbranched alkanes of at least 4 members (excludes halogenated alkanes) is 1. The lowest BCUT2D eigenvalue weighted by atomic mass is 9.94. The molecule has 0 atom stereocenters. The van der Waals surface area contributed by atoms with Crippen LogP contribution in [0.1, 0.15) is 25.3 Å². The van der Waals surface area contributed by atoms with E-state index in [1.807, 2.05) is 26.0 Å². The van der Waals surface area contributed by atoms with Crippen molar-refractivity contribution in [3.05, 3.63) is 29.8 Å². The van der Waals surface area contributed by atoms with Gasteiger partial charge in [0.2, 0.25) is 0 Å². The standard InChI is InChI=1S/C13H17BO3/c1-2-3-8-17-12-6-5-11(14)9-10(12)4-7-13(15)16/h4-7,9H,2-3,8,14H2,1H3,(H,15,16)/b7-4+. The molecule has 1 N–H and O–H groups in total. The molecule has 0 bridgehead atoms. The van der Waals surface area contributed by atoms with Gasteiger partial charge in [-0.2, -0.15) is 0 Å². The number of ether oxygens (including phenoxy) is 1. The average Bonchev–Trinajstić information content (AvgIpc) is 2.29. The fraction of sp³-hybridized carbons (Fsp3) is 0.308. The van der Waals surface area contributed by atoms with Crippen LogP contribution in [0.15, 0.2) is 24.3 Å². The molecule has 1 aromatic rings. The fourth-order valence-corrected chi connectivity index (χ4v) is 1.42. The summed E-state index contributed by atoms with van der Waals surface area (Å²) in [7, 11) is 1.97. The molecule has 0 amide bonds. The number of benzene rings is 1. The second-order valence-electron chi connectivity index (χ2n) is 3.91. The molecule has 4 heteroatoms. The van der Waals surface area contributed by atoms with Gasteiger partial charge in [0.1, 0.15) is 13.6 Å². The molecule has 3 nitrogen and oxygen atoms in total. The maximum absolute atomic E-state index is 10.5. The molecule has 0 heterocycles. The highest BCUT2D eigenvalue weighted by molar-refractivity contribution is 6.32. The minimum absolute atomic E-state index is 0.660. The first kappa shape index (κ1) is 13.4. The summed E-state index contributed by atoms with van der Waals surface area (Å²) in [5.41, 5.74) is 1.89. The van der Waals surface area contributed by atoms with Crippen LogP contribution in [0.5, 0.6) is 5.75 Å². The zero-order valence-electron chi connectivity index (χ0n) is 10.3. The van der Waals surface area contributed by atoms with E-state index < -0.39 is 5.97 Å². The summed E-state index contributed by atoms with van der Waals surface area (Å²) in [6.07, 6.45) is 4.76. The third kappa shape index (κ3) is 4.77. The van der Waals surface area contributed by atoms with E-state index in [2.05, 4.69) is 6.92 Å². The third-order valence-electron chi connectivity index (χ3n) is 2.33. The Morgan fingerprint density at radius 3 is 2.94 bits per heavy atom. The third-order valence-corrected chi connectivity index (χ3v) is 2.33. The number of carbonyl (C=O) groups is 1. The predicted octanol–water partition coefficient (Wildman–Crippen LogP) is 1.22. The summed E-state index contributed by atoms with van der Waals surface area (Å²) in [5, 5.41) is 8.62. The molecule has 0 unspecified atom stereocenters. The van der Waals surface area contributed by atoms with Gasteiger partial charge in [-0.05, 0) is 18.6 Å². The van der Waals surface area contributed by atoms with Crippen molar-refractivity contribution in [2.45, 2.75) is 19.8 Å². The van der Waals surface area contributed by atoms with E-state index in [4.69, 9.17) is 9.84 Å². The van der Waals surface area contributed by atoms with E-state index >= 15 is 0 Å². The Hall–Kier alpha value is -1.71. The lowest BCUT2D eigenvalue weighted by molar-refractivity contribution is -0.131. The Balaban J connectivity index is 2.83. The highest BCUT2D eigenvalue weighted by Crippen LogP contribution is 2.18. The van der Waals surface area contributed by atoms with Crippen LogP contribution in [0.25, 0.3) is 6.08 Å². The molecule has 1 aromatic carbocycles. The van der Waals surface area contributed by atoms with Crippen LogP contribution in [0, 0.1) is 0 Å². The van der Waals surface area contributed by atoms with Crippen LogP contribution >= 0.6 is 0 Å². The molecule has 0 aliphatic heterocycles. The van der Waals surface area contributed by atoms with Crippen LogP contribution in [0.2, 0.25) is 0 Å².